The van der Waals surface area contributed by atoms with E-state index in [2.05, 4.69) is 0 Å². The molecular weight excluding hydrogens is 256 g/mol. The lowest BCUT2D eigenvalue weighted by Crippen LogP contribution is -2.33. The molecule has 1 unspecified atom stereocenters. The summed E-state index contributed by atoms with van der Waals surface area (Å²) < 4.78 is 10.1. The third-order valence-corrected chi connectivity index (χ3v) is 3.15. The van der Waals surface area contributed by atoms with Crippen LogP contribution in [-0.4, -0.2) is 25.2 Å². The van der Waals surface area contributed by atoms with Gasteiger partial charge in [-0.3, -0.25) is 9.59 Å². The maximum absolute atomic E-state index is 12.1. The van der Waals surface area contributed by atoms with Crippen molar-refractivity contribution in [1.82, 2.24) is 0 Å². The first-order chi connectivity index (χ1) is 9.65. The minimum absolute atomic E-state index is 0.228. The van der Waals surface area contributed by atoms with Gasteiger partial charge >= 0.3 is 11.9 Å². The Morgan fingerprint density at radius 2 is 1.45 bits per heavy atom. The number of carbonyl (C=O) groups excluding carboxylic acids is 2. The minimum atomic E-state index is -0.901. The molecule has 0 N–H and O–H groups in total. The van der Waals surface area contributed by atoms with Crippen molar-refractivity contribution in [3.05, 3.63) is 35.9 Å². The molecule has 0 bridgehead atoms. The van der Waals surface area contributed by atoms with Gasteiger partial charge in [0.25, 0.3) is 0 Å². The standard InChI is InChI=1S/C16H22O4/c1-4-13(12-10-8-7-9-11-12)14(15(17)19-5-2)16(18)20-6-3/h7-11,13-14H,4-6H2,1-3H3. The first-order valence-corrected chi connectivity index (χ1v) is 7.03. The monoisotopic (exact) mass is 278 g/mol. The van der Waals surface area contributed by atoms with Gasteiger partial charge in [0.15, 0.2) is 5.92 Å². The first kappa shape index (κ1) is 16.2. The molecule has 1 atom stereocenters. The number of hydrogen-bond donors (Lipinski definition) is 0. The van der Waals surface area contributed by atoms with Crippen LogP contribution < -0.4 is 0 Å². The summed E-state index contributed by atoms with van der Waals surface area (Å²) in [7, 11) is 0. The Morgan fingerprint density at radius 3 is 1.85 bits per heavy atom. The third kappa shape index (κ3) is 4.08. The molecule has 0 spiro atoms. The van der Waals surface area contributed by atoms with E-state index in [0.29, 0.717) is 6.42 Å². The number of esters is 2. The molecule has 1 aromatic carbocycles. The maximum Gasteiger partial charge on any atom is 0.320 e. The minimum Gasteiger partial charge on any atom is -0.465 e. The quantitative estimate of drug-likeness (QED) is 0.568. The summed E-state index contributed by atoms with van der Waals surface area (Å²) in [6.07, 6.45) is 0.659. The lowest BCUT2D eigenvalue weighted by molar-refractivity contribution is -0.162. The van der Waals surface area contributed by atoms with E-state index in [0.717, 1.165) is 5.56 Å². The topological polar surface area (TPSA) is 52.6 Å². The lowest BCUT2D eigenvalue weighted by atomic mass is 9.84. The first-order valence-electron chi connectivity index (χ1n) is 7.03. The van der Waals surface area contributed by atoms with Crippen LogP contribution in [0.3, 0.4) is 0 Å². The normalized spacial score (nSPS) is 12.0. The van der Waals surface area contributed by atoms with Crippen molar-refractivity contribution >= 4 is 11.9 Å². The summed E-state index contributed by atoms with van der Waals surface area (Å²) in [5.74, 6) is -2.15. The highest BCUT2D eigenvalue weighted by atomic mass is 16.6. The van der Waals surface area contributed by atoms with Crippen LogP contribution in [0.5, 0.6) is 0 Å². The predicted octanol–water partition coefficient (Wildman–Crippen LogP) is 2.92. The van der Waals surface area contributed by atoms with E-state index >= 15 is 0 Å². The van der Waals surface area contributed by atoms with Gasteiger partial charge in [-0.2, -0.15) is 0 Å². The molecule has 1 aromatic rings. The molecule has 0 amide bonds. The van der Waals surface area contributed by atoms with Gasteiger partial charge in [0.2, 0.25) is 0 Å². The molecule has 110 valence electrons. The van der Waals surface area contributed by atoms with Crippen LogP contribution >= 0.6 is 0 Å². The fraction of sp³-hybridized carbons (Fsp3) is 0.500. The van der Waals surface area contributed by atoms with E-state index in [1.807, 2.05) is 37.3 Å². The van der Waals surface area contributed by atoms with Crippen LogP contribution in [0.4, 0.5) is 0 Å². The highest BCUT2D eigenvalue weighted by Gasteiger charge is 2.37. The zero-order chi connectivity index (χ0) is 15.0. The smallest absolute Gasteiger partial charge is 0.320 e. The summed E-state index contributed by atoms with van der Waals surface area (Å²) in [6, 6.07) is 9.52. The molecule has 0 aromatic heterocycles. The molecule has 0 aliphatic heterocycles. The van der Waals surface area contributed by atoms with E-state index in [4.69, 9.17) is 9.47 Å². The molecule has 4 heteroatoms. The van der Waals surface area contributed by atoms with Crippen LogP contribution in [0.15, 0.2) is 30.3 Å². The molecule has 0 heterocycles. The summed E-state index contributed by atoms with van der Waals surface area (Å²) in [5.41, 5.74) is 0.945. The average molecular weight is 278 g/mol. The molecule has 1 rings (SSSR count). The molecule has 0 aliphatic carbocycles. The Bertz CT molecular complexity index is 409. The Morgan fingerprint density at radius 1 is 0.950 bits per heavy atom. The van der Waals surface area contributed by atoms with Gasteiger partial charge in [0.1, 0.15) is 0 Å². The van der Waals surface area contributed by atoms with Crippen LogP contribution in [0.2, 0.25) is 0 Å². The van der Waals surface area contributed by atoms with Crippen LogP contribution in [0, 0.1) is 5.92 Å². The van der Waals surface area contributed by atoms with Crippen molar-refractivity contribution in [3.63, 3.8) is 0 Å². The van der Waals surface area contributed by atoms with Crippen molar-refractivity contribution in [3.8, 4) is 0 Å². The largest absolute Gasteiger partial charge is 0.465 e. The van der Waals surface area contributed by atoms with Crippen LogP contribution in [0.25, 0.3) is 0 Å². The molecule has 20 heavy (non-hydrogen) atoms. The second-order valence-corrected chi connectivity index (χ2v) is 4.41. The zero-order valence-electron chi connectivity index (χ0n) is 12.3. The van der Waals surface area contributed by atoms with Gasteiger partial charge in [-0.25, -0.2) is 0 Å². The molecule has 0 fully saturated rings. The summed E-state index contributed by atoms with van der Waals surface area (Å²) in [6.45, 7) is 5.90. The Balaban J connectivity index is 3.06. The fourth-order valence-corrected chi connectivity index (χ4v) is 2.25. The second kappa shape index (κ2) is 8.35. The van der Waals surface area contributed by atoms with Crippen LogP contribution in [-0.2, 0) is 19.1 Å². The summed E-state index contributed by atoms with van der Waals surface area (Å²) in [4.78, 5) is 24.2. The van der Waals surface area contributed by atoms with Crippen LogP contribution in [0.1, 0.15) is 38.7 Å². The maximum atomic E-state index is 12.1. The van der Waals surface area contributed by atoms with Gasteiger partial charge in [-0.05, 0) is 25.8 Å². The Labute approximate surface area is 120 Å². The molecule has 0 saturated heterocycles. The Kier molecular flexibility index (Phi) is 6.77. The van der Waals surface area contributed by atoms with E-state index in [9.17, 15) is 9.59 Å². The highest BCUT2D eigenvalue weighted by molar-refractivity contribution is 5.96. The summed E-state index contributed by atoms with van der Waals surface area (Å²) >= 11 is 0. The van der Waals surface area contributed by atoms with Gasteiger partial charge < -0.3 is 9.47 Å². The predicted molar refractivity (Wildman–Crippen MR) is 76.2 cm³/mol. The van der Waals surface area contributed by atoms with Gasteiger partial charge in [0, 0.05) is 5.92 Å². The number of hydrogen-bond acceptors (Lipinski definition) is 4. The lowest BCUT2D eigenvalue weighted by Gasteiger charge is -2.23. The number of rotatable bonds is 7. The van der Waals surface area contributed by atoms with E-state index in [1.165, 1.54) is 0 Å². The Hall–Kier alpha value is -1.84. The van der Waals surface area contributed by atoms with Gasteiger partial charge in [0.05, 0.1) is 13.2 Å². The van der Waals surface area contributed by atoms with Crippen molar-refractivity contribution in [2.45, 2.75) is 33.1 Å². The summed E-state index contributed by atoms with van der Waals surface area (Å²) in [5, 5.41) is 0. The fourth-order valence-electron chi connectivity index (χ4n) is 2.25. The molecule has 4 nitrogen and oxygen atoms in total. The van der Waals surface area contributed by atoms with E-state index in [1.54, 1.807) is 13.8 Å². The third-order valence-electron chi connectivity index (χ3n) is 3.15. The molecule has 0 radical (unpaired) electrons. The number of carbonyl (C=O) groups is 2. The van der Waals surface area contributed by atoms with E-state index < -0.39 is 17.9 Å². The molecule has 0 aliphatic rings. The van der Waals surface area contributed by atoms with Gasteiger partial charge in [-0.1, -0.05) is 37.3 Å². The average Bonchev–Trinajstić information content (AvgIpc) is 2.45. The van der Waals surface area contributed by atoms with E-state index in [-0.39, 0.29) is 19.1 Å². The molecular formula is C16H22O4. The SMILES string of the molecule is CCOC(=O)C(C(=O)OCC)C(CC)c1ccccc1. The van der Waals surface area contributed by atoms with Gasteiger partial charge in [-0.15, -0.1) is 0 Å². The number of ether oxygens (including phenoxy) is 2. The van der Waals surface area contributed by atoms with Crippen molar-refractivity contribution in [2.75, 3.05) is 13.2 Å². The molecule has 0 saturated carbocycles. The zero-order valence-corrected chi connectivity index (χ0v) is 12.3. The highest BCUT2D eigenvalue weighted by Crippen LogP contribution is 2.30. The van der Waals surface area contributed by atoms with Crippen molar-refractivity contribution in [2.24, 2.45) is 5.92 Å². The number of benzene rings is 1. The van der Waals surface area contributed by atoms with Crippen molar-refractivity contribution in [1.29, 1.82) is 0 Å². The second-order valence-electron chi connectivity index (χ2n) is 4.41. The van der Waals surface area contributed by atoms with Crippen molar-refractivity contribution < 1.29 is 19.1 Å².